The van der Waals surface area contributed by atoms with Gasteiger partial charge < -0.3 is 16.0 Å². The van der Waals surface area contributed by atoms with E-state index in [1.54, 1.807) is 0 Å². The predicted molar refractivity (Wildman–Crippen MR) is 88.0 cm³/mol. The maximum Gasteiger partial charge on any atom is 0.263 e. The number of hydrogen-bond donors (Lipinski definition) is 2. The van der Waals surface area contributed by atoms with Crippen molar-refractivity contribution in [2.24, 2.45) is 0 Å². The summed E-state index contributed by atoms with van der Waals surface area (Å²) < 4.78 is 24.1. The molecule has 0 saturated heterocycles. The second-order valence-electron chi connectivity index (χ2n) is 4.68. The Morgan fingerprint density at radius 1 is 1.29 bits per heavy atom. The first-order chi connectivity index (χ1) is 9.77. The van der Waals surface area contributed by atoms with Crippen LogP contribution in [0.5, 0.6) is 0 Å². The molecule has 0 fully saturated rings. The Hall–Kier alpha value is -1.28. The van der Waals surface area contributed by atoms with Gasteiger partial charge in [-0.15, -0.1) is 11.3 Å². The number of sulfone groups is 1. The molecule has 0 aliphatic heterocycles. The van der Waals surface area contributed by atoms with E-state index in [0.717, 1.165) is 24.0 Å². The van der Waals surface area contributed by atoms with Crippen LogP contribution in [0.15, 0.2) is 4.90 Å². The number of nitrogens with zero attached hydrogens (tertiary/aromatic N) is 1. The van der Waals surface area contributed by atoms with Crippen LogP contribution in [0.1, 0.15) is 36.9 Å². The molecule has 1 rings (SSSR count). The molecule has 3 N–H and O–H groups in total. The molecule has 0 radical (unpaired) electrons. The molecule has 1 amide bonds. The number of nitrogens with one attached hydrogen (secondary N) is 1. The lowest BCUT2D eigenvalue weighted by atomic mass is 10.3. The van der Waals surface area contributed by atoms with Crippen LogP contribution in [0.2, 0.25) is 0 Å². The van der Waals surface area contributed by atoms with E-state index in [4.69, 9.17) is 5.73 Å². The zero-order valence-corrected chi connectivity index (χ0v) is 14.5. The third-order valence-electron chi connectivity index (χ3n) is 3.05. The van der Waals surface area contributed by atoms with Crippen LogP contribution in [0.25, 0.3) is 0 Å². The predicted octanol–water partition coefficient (Wildman–Crippen LogP) is 1.72. The van der Waals surface area contributed by atoms with Crippen molar-refractivity contribution in [3.63, 3.8) is 0 Å². The van der Waals surface area contributed by atoms with Gasteiger partial charge in [0.2, 0.25) is 0 Å². The van der Waals surface area contributed by atoms with Crippen molar-refractivity contribution in [2.45, 2.75) is 32.1 Å². The van der Waals surface area contributed by atoms with Gasteiger partial charge in [-0.2, -0.15) is 0 Å². The first-order valence-electron chi connectivity index (χ1n) is 6.93. The lowest BCUT2D eigenvalue weighted by Gasteiger charge is -2.20. The Kier molecular flexibility index (Phi) is 6.03. The van der Waals surface area contributed by atoms with Crippen LogP contribution < -0.4 is 16.0 Å². The molecule has 6 nitrogen and oxygen atoms in total. The van der Waals surface area contributed by atoms with Crippen molar-refractivity contribution in [3.8, 4) is 0 Å². The van der Waals surface area contributed by atoms with Crippen LogP contribution in [-0.2, 0) is 9.84 Å². The number of anilines is 2. The van der Waals surface area contributed by atoms with E-state index in [9.17, 15) is 13.2 Å². The zero-order chi connectivity index (χ0) is 16.2. The SMILES string of the molecule is CCCNC(=O)c1sc(N(CC)CC)c(S(C)(=O)=O)c1N. The average Bonchev–Trinajstić information content (AvgIpc) is 2.75. The number of carbonyl (C=O) groups is 1. The molecule has 21 heavy (non-hydrogen) atoms. The minimum absolute atomic E-state index is 0.0537. The highest BCUT2D eigenvalue weighted by Crippen LogP contribution is 2.41. The fraction of sp³-hybridized carbons (Fsp3) is 0.615. The van der Waals surface area contributed by atoms with Gasteiger partial charge in [-0.1, -0.05) is 6.92 Å². The van der Waals surface area contributed by atoms with Gasteiger partial charge in [-0.3, -0.25) is 4.79 Å². The van der Waals surface area contributed by atoms with Gasteiger partial charge in [0.1, 0.15) is 14.8 Å². The number of amides is 1. The second-order valence-corrected chi connectivity index (χ2v) is 7.63. The molecule has 0 atom stereocenters. The van der Waals surface area contributed by atoms with Crippen molar-refractivity contribution in [1.29, 1.82) is 0 Å². The van der Waals surface area contributed by atoms with E-state index in [2.05, 4.69) is 5.32 Å². The lowest BCUT2D eigenvalue weighted by molar-refractivity contribution is 0.0958. The molecule has 0 unspecified atom stereocenters. The summed E-state index contributed by atoms with van der Waals surface area (Å²) in [5.41, 5.74) is 6.01. The summed E-state index contributed by atoms with van der Waals surface area (Å²) in [6.45, 7) is 7.64. The van der Waals surface area contributed by atoms with E-state index in [1.165, 1.54) is 0 Å². The number of rotatable bonds is 7. The molecule has 1 aromatic rings. The van der Waals surface area contributed by atoms with Crippen molar-refractivity contribution in [2.75, 3.05) is 36.5 Å². The van der Waals surface area contributed by atoms with Crippen molar-refractivity contribution in [1.82, 2.24) is 5.32 Å². The first kappa shape index (κ1) is 17.8. The third-order valence-corrected chi connectivity index (χ3v) is 5.59. The summed E-state index contributed by atoms with van der Waals surface area (Å²) in [5, 5.41) is 3.28. The van der Waals surface area contributed by atoms with Crippen LogP contribution >= 0.6 is 11.3 Å². The Balaban J connectivity index is 3.41. The molecule has 0 aromatic carbocycles. The number of carbonyl (C=O) groups excluding carboxylic acids is 1. The minimum Gasteiger partial charge on any atom is -0.396 e. The molecule has 120 valence electrons. The van der Waals surface area contributed by atoms with Crippen LogP contribution in [0.3, 0.4) is 0 Å². The van der Waals surface area contributed by atoms with Gasteiger partial charge in [0.15, 0.2) is 9.84 Å². The van der Waals surface area contributed by atoms with Crippen molar-refractivity contribution >= 4 is 37.8 Å². The van der Waals surface area contributed by atoms with Gasteiger partial charge in [0.25, 0.3) is 5.91 Å². The van der Waals surface area contributed by atoms with E-state index < -0.39 is 9.84 Å². The number of hydrogen-bond acceptors (Lipinski definition) is 6. The summed E-state index contributed by atoms with van der Waals surface area (Å²) in [6, 6.07) is 0. The Labute approximate surface area is 130 Å². The van der Waals surface area contributed by atoms with Crippen LogP contribution in [0.4, 0.5) is 10.7 Å². The molecular formula is C13H23N3O3S2. The van der Waals surface area contributed by atoms with E-state index in [-0.39, 0.29) is 21.4 Å². The molecule has 0 aliphatic carbocycles. The smallest absolute Gasteiger partial charge is 0.263 e. The number of thiophene rings is 1. The first-order valence-corrected chi connectivity index (χ1v) is 9.64. The van der Waals surface area contributed by atoms with Crippen molar-refractivity contribution < 1.29 is 13.2 Å². The van der Waals surface area contributed by atoms with E-state index in [0.29, 0.717) is 24.6 Å². The summed E-state index contributed by atoms with van der Waals surface area (Å²) in [5.74, 6) is -0.317. The fourth-order valence-corrected chi connectivity index (χ4v) is 4.73. The highest BCUT2D eigenvalue weighted by molar-refractivity contribution is 7.91. The highest BCUT2D eigenvalue weighted by Gasteiger charge is 2.28. The van der Waals surface area contributed by atoms with E-state index >= 15 is 0 Å². The standard InChI is InChI=1S/C13H23N3O3S2/c1-5-8-15-12(17)10-9(14)11(21(4,18)19)13(20-10)16(6-2)7-3/h5-8,14H2,1-4H3,(H,15,17). The molecule has 1 heterocycles. The fourth-order valence-electron chi connectivity index (χ4n) is 1.98. The third kappa shape index (κ3) is 3.88. The topological polar surface area (TPSA) is 92.5 Å². The van der Waals surface area contributed by atoms with Gasteiger partial charge in [-0.05, 0) is 20.3 Å². The van der Waals surface area contributed by atoms with E-state index in [1.807, 2.05) is 25.7 Å². The highest BCUT2D eigenvalue weighted by atomic mass is 32.2. The summed E-state index contributed by atoms with van der Waals surface area (Å²) >= 11 is 1.14. The Bertz CT molecular complexity index is 604. The summed E-state index contributed by atoms with van der Waals surface area (Å²) in [4.78, 5) is 14.4. The normalized spacial score (nSPS) is 11.4. The Morgan fingerprint density at radius 3 is 2.29 bits per heavy atom. The monoisotopic (exact) mass is 333 g/mol. The number of nitrogen functional groups attached to an aromatic ring is 1. The molecule has 1 aromatic heterocycles. The molecule has 0 spiro atoms. The summed E-state index contributed by atoms with van der Waals surface area (Å²) in [6.07, 6.45) is 1.92. The lowest BCUT2D eigenvalue weighted by Crippen LogP contribution is -2.24. The summed E-state index contributed by atoms with van der Waals surface area (Å²) in [7, 11) is -3.50. The molecule has 8 heteroatoms. The van der Waals surface area contributed by atoms with Crippen LogP contribution in [-0.4, -0.2) is 40.2 Å². The molecule has 0 aliphatic rings. The van der Waals surface area contributed by atoms with Crippen molar-refractivity contribution in [3.05, 3.63) is 4.88 Å². The minimum atomic E-state index is -3.50. The molecular weight excluding hydrogens is 310 g/mol. The second kappa shape index (κ2) is 7.13. The zero-order valence-electron chi connectivity index (χ0n) is 12.9. The van der Waals surface area contributed by atoms with Gasteiger partial charge in [0.05, 0.1) is 5.69 Å². The van der Waals surface area contributed by atoms with Gasteiger partial charge in [-0.25, -0.2) is 8.42 Å². The average molecular weight is 333 g/mol. The number of nitrogens with two attached hydrogens (primary N) is 1. The largest absolute Gasteiger partial charge is 0.396 e. The Morgan fingerprint density at radius 2 is 1.86 bits per heavy atom. The van der Waals surface area contributed by atoms with Gasteiger partial charge >= 0.3 is 0 Å². The maximum absolute atomic E-state index is 12.1. The van der Waals surface area contributed by atoms with Crippen LogP contribution in [0, 0.1) is 0 Å². The molecule has 0 bridgehead atoms. The maximum atomic E-state index is 12.1. The molecule has 0 saturated carbocycles. The van der Waals surface area contributed by atoms with Gasteiger partial charge in [0, 0.05) is 25.9 Å². The quantitative estimate of drug-likeness (QED) is 0.792.